The fourth-order valence-electron chi connectivity index (χ4n) is 3.91. The molecule has 2 aromatic carbocycles. The van der Waals surface area contributed by atoms with E-state index in [1.807, 2.05) is 12.1 Å². The molecule has 5 nitrogen and oxygen atoms in total. The average Bonchev–Trinajstić information content (AvgIpc) is 2.78. The van der Waals surface area contributed by atoms with Crippen molar-refractivity contribution in [2.75, 3.05) is 24.6 Å². The Morgan fingerprint density at radius 2 is 1.81 bits per heavy atom. The van der Waals surface area contributed by atoms with Gasteiger partial charge in [0.25, 0.3) is 5.91 Å². The van der Waals surface area contributed by atoms with Crippen LogP contribution in [0.1, 0.15) is 29.8 Å². The highest BCUT2D eigenvalue weighted by Gasteiger charge is 2.30. The van der Waals surface area contributed by atoms with Crippen molar-refractivity contribution < 1.29 is 13.2 Å². The van der Waals surface area contributed by atoms with Gasteiger partial charge in [-0.2, -0.15) is 11.8 Å². The second-order valence-corrected chi connectivity index (χ2v) is 11.9. The minimum Gasteiger partial charge on any atom is -0.337 e. The lowest BCUT2D eigenvalue weighted by molar-refractivity contribution is 0.0768. The van der Waals surface area contributed by atoms with Crippen LogP contribution in [-0.4, -0.2) is 48.8 Å². The number of hydrogen-bond donors (Lipinski definition) is 0. The third-order valence-electron chi connectivity index (χ3n) is 5.46. The summed E-state index contributed by atoms with van der Waals surface area (Å²) in [4.78, 5) is 19.6. The van der Waals surface area contributed by atoms with Gasteiger partial charge in [-0.1, -0.05) is 37.6 Å². The predicted octanol–water partition coefficient (Wildman–Crippen LogP) is 5.11. The largest absolute Gasteiger partial charge is 0.337 e. The van der Waals surface area contributed by atoms with Crippen LogP contribution < -0.4 is 0 Å². The number of aromatic nitrogens is 1. The van der Waals surface area contributed by atoms with Gasteiger partial charge in [0.05, 0.1) is 20.9 Å². The standard InChI is InChI=1S/C24H25ClN2O3S2/c1-16(2)13-17-3-6-19(7-4-17)32(29,30)23-20-14-18(25)5-8-22(20)26-15-21(23)24(28)27-9-11-31-12-10-27/h3-8,14-16H,9-13H2,1-2H3. The zero-order chi connectivity index (χ0) is 22.9. The second-order valence-electron chi connectivity index (χ2n) is 8.31. The molecule has 2 heterocycles. The first-order chi connectivity index (χ1) is 15.3. The molecule has 0 spiro atoms. The molecule has 0 radical (unpaired) electrons. The van der Waals surface area contributed by atoms with E-state index in [0.29, 0.717) is 34.9 Å². The number of hydrogen-bond acceptors (Lipinski definition) is 5. The monoisotopic (exact) mass is 488 g/mol. The van der Waals surface area contributed by atoms with E-state index in [1.165, 1.54) is 6.20 Å². The number of thioether (sulfide) groups is 1. The van der Waals surface area contributed by atoms with Crippen LogP contribution in [0.15, 0.2) is 58.5 Å². The molecule has 0 atom stereocenters. The number of rotatable bonds is 5. The van der Waals surface area contributed by atoms with Gasteiger partial charge in [-0.05, 0) is 48.2 Å². The van der Waals surface area contributed by atoms with Crippen LogP contribution in [0.4, 0.5) is 0 Å². The molecule has 1 fully saturated rings. The van der Waals surface area contributed by atoms with Crippen molar-refractivity contribution in [2.24, 2.45) is 5.92 Å². The van der Waals surface area contributed by atoms with Crippen LogP contribution in [0, 0.1) is 5.92 Å². The summed E-state index contributed by atoms with van der Waals surface area (Å²) >= 11 is 8.00. The normalized spacial score (nSPS) is 14.8. The van der Waals surface area contributed by atoms with Crippen LogP contribution in [0.2, 0.25) is 5.02 Å². The maximum atomic E-state index is 13.9. The summed E-state index contributed by atoms with van der Waals surface area (Å²) in [6, 6.07) is 11.8. The zero-order valence-electron chi connectivity index (χ0n) is 18.0. The Morgan fingerprint density at radius 3 is 2.47 bits per heavy atom. The number of halogens is 1. The number of sulfone groups is 1. The minimum atomic E-state index is -3.99. The highest BCUT2D eigenvalue weighted by molar-refractivity contribution is 7.99. The van der Waals surface area contributed by atoms with Gasteiger partial charge in [-0.3, -0.25) is 9.78 Å². The van der Waals surface area contributed by atoms with Gasteiger partial charge in [-0.15, -0.1) is 0 Å². The minimum absolute atomic E-state index is 0.0233. The van der Waals surface area contributed by atoms with Gasteiger partial charge in [0.15, 0.2) is 0 Å². The molecule has 8 heteroatoms. The Labute approximate surface area is 198 Å². The first-order valence-electron chi connectivity index (χ1n) is 10.6. The van der Waals surface area contributed by atoms with Crippen molar-refractivity contribution >= 4 is 50.0 Å². The number of nitrogens with zero attached hydrogens (tertiary/aromatic N) is 2. The number of fused-ring (bicyclic) bond motifs is 1. The van der Waals surface area contributed by atoms with E-state index < -0.39 is 9.84 Å². The van der Waals surface area contributed by atoms with Crippen LogP contribution in [0.25, 0.3) is 10.9 Å². The van der Waals surface area contributed by atoms with Crippen molar-refractivity contribution in [2.45, 2.75) is 30.1 Å². The molecule has 1 aliphatic rings. The molecule has 168 valence electrons. The van der Waals surface area contributed by atoms with E-state index in [1.54, 1.807) is 47.0 Å². The highest BCUT2D eigenvalue weighted by Crippen LogP contribution is 2.33. The summed E-state index contributed by atoms with van der Waals surface area (Å²) in [6.07, 6.45) is 2.26. The zero-order valence-corrected chi connectivity index (χ0v) is 20.4. The first kappa shape index (κ1) is 23.1. The van der Waals surface area contributed by atoms with Crippen molar-refractivity contribution in [1.29, 1.82) is 0 Å². The van der Waals surface area contributed by atoms with Crippen LogP contribution in [0.5, 0.6) is 0 Å². The third kappa shape index (κ3) is 4.65. The Hall–Kier alpha value is -2.09. The molecule has 1 amide bonds. The molecular weight excluding hydrogens is 464 g/mol. The smallest absolute Gasteiger partial charge is 0.256 e. The van der Waals surface area contributed by atoms with Gasteiger partial charge in [0.1, 0.15) is 0 Å². The summed E-state index contributed by atoms with van der Waals surface area (Å²) in [7, 11) is -3.99. The lowest BCUT2D eigenvalue weighted by Crippen LogP contribution is -2.38. The Morgan fingerprint density at radius 1 is 1.12 bits per heavy atom. The maximum Gasteiger partial charge on any atom is 0.256 e. The third-order valence-corrected chi connectivity index (χ3v) is 8.50. The van der Waals surface area contributed by atoms with Gasteiger partial charge in [0.2, 0.25) is 9.84 Å². The number of carbonyl (C=O) groups excluding carboxylic acids is 1. The molecule has 4 rings (SSSR count). The summed E-state index contributed by atoms with van der Waals surface area (Å²) in [5.74, 6) is 1.82. The molecule has 32 heavy (non-hydrogen) atoms. The van der Waals surface area contributed by atoms with Crippen molar-refractivity contribution in [3.63, 3.8) is 0 Å². The Balaban J connectivity index is 1.88. The number of carbonyl (C=O) groups is 1. The van der Waals surface area contributed by atoms with Crippen LogP contribution in [0.3, 0.4) is 0 Å². The molecule has 3 aromatic rings. The SMILES string of the molecule is CC(C)Cc1ccc(S(=O)(=O)c2c(C(=O)N3CCSCC3)cnc3ccc(Cl)cc23)cc1. The van der Waals surface area contributed by atoms with Gasteiger partial charge in [-0.25, -0.2) is 8.42 Å². The summed E-state index contributed by atoms with van der Waals surface area (Å²) < 4.78 is 27.7. The Kier molecular flexibility index (Phi) is 6.79. The van der Waals surface area contributed by atoms with Crippen molar-refractivity contribution in [1.82, 2.24) is 9.88 Å². The van der Waals surface area contributed by atoms with E-state index in [9.17, 15) is 13.2 Å². The van der Waals surface area contributed by atoms with E-state index in [2.05, 4.69) is 18.8 Å². The summed E-state index contributed by atoms with van der Waals surface area (Å²) in [5.41, 5.74) is 1.65. The molecule has 0 aliphatic carbocycles. The molecular formula is C24H25ClN2O3S2. The van der Waals surface area contributed by atoms with E-state index in [-0.39, 0.29) is 21.3 Å². The highest BCUT2D eigenvalue weighted by atomic mass is 35.5. The number of pyridine rings is 1. The molecule has 1 aliphatic heterocycles. The van der Waals surface area contributed by atoms with Crippen molar-refractivity contribution in [3.8, 4) is 0 Å². The molecule has 0 saturated carbocycles. The lowest BCUT2D eigenvalue weighted by Gasteiger charge is -2.27. The topological polar surface area (TPSA) is 67.3 Å². The Bertz CT molecular complexity index is 1250. The first-order valence-corrected chi connectivity index (χ1v) is 13.6. The van der Waals surface area contributed by atoms with Crippen molar-refractivity contribution in [3.05, 3.63) is 64.8 Å². The summed E-state index contributed by atoms with van der Waals surface area (Å²) in [5, 5.41) is 0.753. The molecule has 1 aromatic heterocycles. The van der Waals surface area contributed by atoms with Crippen LogP contribution >= 0.6 is 23.4 Å². The number of amides is 1. The fourth-order valence-corrected chi connectivity index (χ4v) is 6.60. The fraction of sp³-hybridized carbons (Fsp3) is 0.333. The lowest BCUT2D eigenvalue weighted by atomic mass is 10.0. The molecule has 0 unspecified atom stereocenters. The van der Waals surface area contributed by atoms with E-state index in [4.69, 9.17) is 11.6 Å². The quantitative estimate of drug-likeness (QED) is 0.499. The van der Waals surface area contributed by atoms with Gasteiger partial charge < -0.3 is 4.90 Å². The molecule has 0 N–H and O–H groups in total. The van der Waals surface area contributed by atoms with Gasteiger partial charge in [0, 0.05) is 41.2 Å². The summed E-state index contributed by atoms with van der Waals surface area (Å²) in [6.45, 7) is 5.41. The van der Waals surface area contributed by atoms with E-state index in [0.717, 1.165) is 23.5 Å². The van der Waals surface area contributed by atoms with E-state index >= 15 is 0 Å². The van der Waals surface area contributed by atoms with Crippen LogP contribution in [-0.2, 0) is 16.3 Å². The molecule has 0 bridgehead atoms. The molecule has 1 saturated heterocycles. The second kappa shape index (κ2) is 9.41. The van der Waals surface area contributed by atoms with Gasteiger partial charge >= 0.3 is 0 Å². The maximum absolute atomic E-state index is 13.9. The average molecular weight is 489 g/mol. The number of benzene rings is 2. The predicted molar refractivity (Wildman–Crippen MR) is 130 cm³/mol.